The minimum Gasteiger partial charge on any atom is -0.479 e. The summed E-state index contributed by atoms with van der Waals surface area (Å²) in [4.78, 5) is 10.4. The van der Waals surface area contributed by atoms with Crippen molar-refractivity contribution >= 4 is 5.97 Å². The smallest absolute Gasteiger partial charge is 0.337 e. The zero-order chi connectivity index (χ0) is 10.7. The predicted molar refractivity (Wildman–Crippen MR) is 43.7 cm³/mol. The number of aliphatic hydroxyl groups excluding tert-OH is 1. The van der Waals surface area contributed by atoms with Gasteiger partial charge in [-0.1, -0.05) is 12.1 Å². The van der Waals surface area contributed by atoms with Gasteiger partial charge in [0.2, 0.25) is 0 Å². The molecule has 0 aliphatic heterocycles. The Kier molecular flexibility index (Phi) is 2.79. The topological polar surface area (TPSA) is 81.3 Å². The molecule has 1 aromatic carbocycles. The number of aliphatic carboxylic acids is 1. The molecular formula is C9H6FNO3. The predicted octanol–water partition coefficient (Wildman–Crippen LogP) is 0.815. The average Bonchev–Trinajstić information content (AvgIpc) is 2.16. The molecule has 0 heterocycles. The van der Waals surface area contributed by atoms with Crippen LogP contribution in [0.3, 0.4) is 0 Å². The summed E-state index contributed by atoms with van der Waals surface area (Å²) in [6.07, 6.45) is -1.87. The molecule has 72 valence electrons. The van der Waals surface area contributed by atoms with Gasteiger partial charge in [0.1, 0.15) is 11.9 Å². The molecular weight excluding hydrogens is 189 g/mol. The maximum absolute atomic E-state index is 12.9. The fourth-order valence-electron chi connectivity index (χ4n) is 1.02. The number of carbonyl (C=O) groups is 1. The standard InChI is InChI=1S/C9H6FNO3/c10-7-3-1-2-5(6(7)4-11)8(12)9(13)14/h1-3,8,12H,(H,13,14). The molecule has 0 saturated carbocycles. The van der Waals surface area contributed by atoms with Gasteiger partial charge in [-0.3, -0.25) is 0 Å². The first-order valence-corrected chi connectivity index (χ1v) is 3.67. The van der Waals surface area contributed by atoms with E-state index in [0.717, 1.165) is 6.07 Å². The molecule has 0 radical (unpaired) electrons. The molecule has 0 spiro atoms. The van der Waals surface area contributed by atoms with Crippen LogP contribution >= 0.6 is 0 Å². The fraction of sp³-hybridized carbons (Fsp3) is 0.111. The number of aliphatic hydroxyl groups is 1. The summed E-state index contributed by atoms with van der Waals surface area (Å²) >= 11 is 0. The second-order valence-corrected chi connectivity index (χ2v) is 2.56. The van der Waals surface area contributed by atoms with Gasteiger partial charge in [-0.25, -0.2) is 9.18 Å². The van der Waals surface area contributed by atoms with Crippen molar-refractivity contribution in [3.63, 3.8) is 0 Å². The van der Waals surface area contributed by atoms with Crippen molar-refractivity contribution in [2.75, 3.05) is 0 Å². The normalized spacial score (nSPS) is 11.8. The fourth-order valence-corrected chi connectivity index (χ4v) is 1.02. The van der Waals surface area contributed by atoms with Gasteiger partial charge in [-0.05, 0) is 6.07 Å². The Balaban J connectivity index is 3.29. The Morgan fingerprint density at radius 3 is 2.71 bits per heavy atom. The summed E-state index contributed by atoms with van der Waals surface area (Å²) in [5, 5.41) is 26.1. The van der Waals surface area contributed by atoms with Crippen molar-refractivity contribution < 1.29 is 19.4 Å². The minimum absolute atomic E-state index is 0.236. The molecule has 1 unspecified atom stereocenters. The van der Waals surface area contributed by atoms with E-state index in [4.69, 9.17) is 15.5 Å². The molecule has 2 N–H and O–H groups in total. The molecule has 0 aliphatic carbocycles. The van der Waals surface area contributed by atoms with E-state index in [1.807, 2.05) is 0 Å². The third kappa shape index (κ3) is 1.70. The third-order valence-electron chi connectivity index (χ3n) is 1.69. The maximum Gasteiger partial charge on any atom is 0.337 e. The molecule has 5 heteroatoms. The second kappa shape index (κ2) is 3.85. The van der Waals surface area contributed by atoms with E-state index in [9.17, 15) is 9.18 Å². The van der Waals surface area contributed by atoms with Crippen LogP contribution in [0.1, 0.15) is 17.2 Å². The molecule has 1 aromatic rings. The first-order chi connectivity index (χ1) is 6.57. The Morgan fingerprint density at radius 2 is 2.21 bits per heavy atom. The van der Waals surface area contributed by atoms with Crippen molar-refractivity contribution in [1.29, 1.82) is 5.26 Å². The molecule has 0 amide bonds. The zero-order valence-corrected chi connectivity index (χ0v) is 6.94. The number of carboxylic acid groups (broad SMARTS) is 1. The van der Waals surface area contributed by atoms with Crippen LogP contribution < -0.4 is 0 Å². The highest BCUT2D eigenvalue weighted by Crippen LogP contribution is 2.19. The van der Waals surface area contributed by atoms with Gasteiger partial charge in [0.05, 0.1) is 5.56 Å². The first kappa shape index (κ1) is 10.2. The van der Waals surface area contributed by atoms with Gasteiger partial charge in [0, 0.05) is 5.56 Å². The third-order valence-corrected chi connectivity index (χ3v) is 1.69. The first-order valence-electron chi connectivity index (χ1n) is 3.67. The number of rotatable bonds is 2. The van der Waals surface area contributed by atoms with Crippen molar-refractivity contribution in [2.24, 2.45) is 0 Å². The Labute approximate surface area is 78.8 Å². The van der Waals surface area contributed by atoms with Crippen LogP contribution in [-0.4, -0.2) is 16.2 Å². The summed E-state index contributed by atoms with van der Waals surface area (Å²) in [5.41, 5.74) is -0.678. The molecule has 0 bridgehead atoms. The molecule has 0 fully saturated rings. The average molecular weight is 195 g/mol. The molecule has 0 aliphatic rings. The van der Waals surface area contributed by atoms with E-state index in [-0.39, 0.29) is 5.56 Å². The highest BCUT2D eigenvalue weighted by Gasteiger charge is 2.21. The van der Waals surface area contributed by atoms with Crippen molar-refractivity contribution in [3.8, 4) is 6.07 Å². The van der Waals surface area contributed by atoms with Crippen LogP contribution in [0, 0.1) is 17.1 Å². The van der Waals surface area contributed by atoms with Crippen molar-refractivity contribution in [3.05, 3.63) is 35.1 Å². The van der Waals surface area contributed by atoms with E-state index in [0.29, 0.717) is 0 Å². The number of hydrogen-bond acceptors (Lipinski definition) is 3. The van der Waals surface area contributed by atoms with Crippen LogP contribution in [0.15, 0.2) is 18.2 Å². The summed E-state index contributed by atoms with van der Waals surface area (Å²) in [7, 11) is 0. The quantitative estimate of drug-likeness (QED) is 0.731. The van der Waals surface area contributed by atoms with Crippen LogP contribution in [-0.2, 0) is 4.79 Å². The Morgan fingerprint density at radius 1 is 1.57 bits per heavy atom. The zero-order valence-electron chi connectivity index (χ0n) is 6.94. The van der Waals surface area contributed by atoms with Gasteiger partial charge in [0.15, 0.2) is 6.10 Å². The number of benzene rings is 1. The van der Waals surface area contributed by atoms with Gasteiger partial charge in [0.25, 0.3) is 0 Å². The van der Waals surface area contributed by atoms with Gasteiger partial charge >= 0.3 is 5.97 Å². The largest absolute Gasteiger partial charge is 0.479 e. The highest BCUT2D eigenvalue weighted by molar-refractivity contribution is 5.75. The van der Waals surface area contributed by atoms with Crippen LogP contribution in [0.25, 0.3) is 0 Å². The monoisotopic (exact) mass is 195 g/mol. The van der Waals surface area contributed by atoms with Gasteiger partial charge < -0.3 is 10.2 Å². The van der Waals surface area contributed by atoms with Gasteiger partial charge in [-0.15, -0.1) is 0 Å². The minimum atomic E-state index is -1.87. The van der Waals surface area contributed by atoms with E-state index in [1.165, 1.54) is 18.2 Å². The summed E-state index contributed by atoms with van der Waals surface area (Å²) < 4.78 is 12.9. The van der Waals surface area contributed by atoms with E-state index < -0.39 is 23.5 Å². The number of carboxylic acids is 1. The lowest BCUT2D eigenvalue weighted by Gasteiger charge is -2.07. The van der Waals surface area contributed by atoms with E-state index in [2.05, 4.69) is 0 Å². The second-order valence-electron chi connectivity index (χ2n) is 2.56. The molecule has 14 heavy (non-hydrogen) atoms. The molecule has 0 aromatic heterocycles. The van der Waals surface area contributed by atoms with E-state index >= 15 is 0 Å². The lowest BCUT2D eigenvalue weighted by Crippen LogP contribution is -2.12. The van der Waals surface area contributed by atoms with Crippen molar-refractivity contribution in [2.45, 2.75) is 6.10 Å². The SMILES string of the molecule is N#Cc1c(F)cccc1C(O)C(=O)O. The maximum atomic E-state index is 12.9. The summed E-state index contributed by atoms with van der Waals surface area (Å²) in [6, 6.07) is 4.95. The van der Waals surface area contributed by atoms with Crippen molar-refractivity contribution in [1.82, 2.24) is 0 Å². The number of halogens is 1. The number of nitriles is 1. The summed E-state index contributed by atoms with van der Waals surface area (Å²) in [5.74, 6) is -2.36. The van der Waals surface area contributed by atoms with E-state index in [1.54, 1.807) is 0 Å². The number of hydrogen-bond donors (Lipinski definition) is 2. The molecule has 1 atom stereocenters. The Hall–Kier alpha value is -1.93. The van der Waals surface area contributed by atoms with Crippen LogP contribution in [0.4, 0.5) is 4.39 Å². The number of nitrogens with zero attached hydrogens (tertiary/aromatic N) is 1. The highest BCUT2D eigenvalue weighted by atomic mass is 19.1. The van der Waals surface area contributed by atoms with Crippen LogP contribution in [0.2, 0.25) is 0 Å². The molecule has 4 nitrogen and oxygen atoms in total. The van der Waals surface area contributed by atoms with Gasteiger partial charge in [-0.2, -0.15) is 5.26 Å². The van der Waals surface area contributed by atoms with Crippen LogP contribution in [0.5, 0.6) is 0 Å². The molecule has 0 saturated heterocycles. The lowest BCUT2D eigenvalue weighted by atomic mass is 10.0. The Bertz CT molecular complexity index is 411. The molecule has 1 rings (SSSR count). The summed E-state index contributed by atoms with van der Waals surface area (Å²) in [6.45, 7) is 0. The lowest BCUT2D eigenvalue weighted by molar-refractivity contribution is -0.146.